The lowest BCUT2D eigenvalue weighted by atomic mass is 10.0. The average molecular weight is 237 g/mol. The van der Waals surface area contributed by atoms with Crippen molar-refractivity contribution in [3.8, 4) is 0 Å². The zero-order valence-corrected chi connectivity index (χ0v) is 10.2. The summed E-state index contributed by atoms with van der Waals surface area (Å²) in [5.41, 5.74) is 1.09. The molecule has 0 aromatic rings. The highest BCUT2D eigenvalue weighted by atomic mass is 16.4. The van der Waals surface area contributed by atoms with Gasteiger partial charge < -0.3 is 10.0 Å². The fraction of sp³-hybridized carbons (Fsp3) is 0.538. The summed E-state index contributed by atoms with van der Waals surface area (Å²) in [6.07, 6.45) is 8.95. The topological polar surface area (TPSA) is 57.6 Å². The normalized spacial score (nSPS) is 14.3. The Hall–Kier alpha value is -1.58. The molecule has 0 aromatic carbocycles. The number of hydrogen-bond donors (Lipinski definition) is 1. The van der Waals surface area contributed by atoms with Gasteiger partial charge in [0.1, 0.15) is 6.54 Å². The first-order valence-corrected chi connectivity index (χ1v) is 5.97. The van der Waals surface area contributed by atoms with Crippen LogP contribution in [0.5, 0.6) is 0 Å². The number of hydrogen-bond acceptors (Lipinski definition) is 2. The van der Waals surface area contributed by atoms with E-state index in [1.54, 1.807) is 0 Å². The predicted molar refractivity (Wildman–Crippen MR) is 65.6 cm³/mol. The van der Waals surface area contributed by atoms with Gasteiger partial charge in [-0.3, -0.25) is 9.59 Å². The number of nitrogens with zero attached hydrogens (tertiary/aromatic N) is 1. The van der Waals surface area contributed by atoms with Crippen LogP contribution in [-0.4, -0.2) is 35.0 Å². The molecule has 1 N–H and O–H groups in total. The molecule has 0 atom stereocenters. The zero-order chi connectivity index (χ0) is 12.7. The number of carboxylic acids is 1. The largest absolute Gasteiger partial charge is 0.480 e. The van der Waals surface area contributed by atoms with E-state index in [1.165, 1.54) is 4.90 Å². The van der Waals surface area contributed by atoms with Crippen LogP contribution in [0.2, 0.25) is 0 Å². The lowest BCUT2D eigenvalue weighted by Gasteiger charge is -2.21. The van der Waals surface area contributed by atoms with E-state index >= 15 is 0 Å². The van der Waals surface area contributed by atoms with Crippen molar-refractivity contribution in [2.75, 3.05) is 13.1 Å². The molecule has 0 radical (unpaired) electrons. The summed E-state index contributed by atoms with van der Waals surface area (Å²) in [4.78, 5) is 24.0. The molecule has 1 amide bonds. The van der Waals surface area contributed by atoms with E-state index in [1.807, 2.05) is 19.1 Å². The minimum absolute atomic E-state index is 0.0872. The van der Waals surface area contributed by atoms with Crippen LogP contribution in [0, 0.1) is 0 Å². The molecule has 0 bridgehead atoms. The van der Waals surface area contributed by atoms with E-state index in [4.69, 9.17) is 5.11 Å². The fourth-order valence-corrected chi connectivity index (χ4v) is 1.83. The lowest BCUT2D eigenvalue weighted by molar-refractivity contribution is -0.144. The third-order valence-electron chi connectivity index (χ3n) is 2.65. The Morgan fingerprint density at radius 1 is 1.47 bits per heavy atom. The van der Waals surface area contributed by atoms with Gasteiger partial charge in [0.2, 0.25) is 5.91 Å². The van der Waals surface area contributed by atoms with E-state index in [2.05, 4.69) is 6.08 Å². The molecule has 0 saturated carbocycles. The average Bonchev–Trinajstić information content (AvgIpc) is 2.29. The first-order chi connectivity index (χ1) is 8.13. The van der Waals surface area contributed by atoms with Gasteiger partial charge in [-0.1, -0.05) is 30.7 Å². The smallest absolute Gasteiger partial charge is 0.323 e. The second kappa shape index (κ2) is 6.89. The molecule has 4 heteroatoms. The van der Waals surface area contributed by atoms with Gasteiger partial charge >= 0.3 is 5.97 Å². The first-order valence-electron chi connectivity index (χ1n) is 5.97. The van der Waals surface area contributed by atoms with Crippen LogP contribution >= 0.6 is 0 Å². The molecule has 94 valence electrons. The number of carboxylic acid groups (broad SMARTS) is 1. The molecule has 4 nitrogen and oxygen atoms in total. The highest BCUT2D eigenvalue weighted by molar-refractivity contribution is 5.83. The van der Waals surface area contributed by atoms with Crippen LogP contribution in [0.25, 0.3) is 0 Å². The molecular formula is C13H19NO3. The van der Waals surface area contributed by atoms with Gasteiger partial charge in [-0.2, -0.15) is 0 Å². The van der Waals surface area contributed by atoms with E-state index in [9.17, 15) is 9.59 Å². The van der Waals surface area contributed by atoms with Gasteiger partial charge in [-0.15, -0.1) is 0 Å². The van der Waals surface area contributed by atoms with E-state index in [0.717, 1.165) is 24.8 Å². The summed E-state index contributed by atoms with van der Waals surface area (Å²) in [7, 11) is 0. The van der Waals surface area contributed by atoms with Crippen LogP contribution in [0.15, 0.2) is 23.8 Å². The summed E-state index contributed by atoms with van der Waals surface area (Å²) in [5.74, 6) is -1.04. The second-order valence-corrected chi connectivity index (χ2v) is 4.18. The number of carbonyl (C=O) groups is 2. The molecule has 1 aliphatic rings. The Balaban J connectivity index is 2.54. The summed E-state index contributed by atoms with van der Waals surface area (Å²) in [6, 6.07) is 0. The minimum atomic E-state index is -0.954. The summed E-state index contributed by atoms with van der Waals surface area (Å²) < 4.78 is 0. The molecule has 0 fully saturated rings. The van der Waals surface area contributed by atoms with E-state index in [-0.39, 0.29) is 12.5 Å². The predicted octanol–water partition coefficient (Wildman–Crippen LogP) is 1.98. The monoisotopic (exact) mass is 237 g/mol. The molecule has 0 aliphatic heterocycles. The van der Waals surface area contributed by atoms with Gasteiger partial charge in [-0.25, -0.2) is 0 Å². The Labute approximate surface area is 102 Å². The fourth-order valence-electron chi connectivity index (χ4n) is 1.83. The van der Waals surface area contributed by atoms with Gasteiger partial charge in [0.15, 0.2) is 0 Å². The van der Waals surface area contributed by atoms with Crippen molar-refractivity contribution in [3.05, 3.63) is 23.8 Å². The molecule has 0 unspecified atom stereocenters. The number of carbonyl (C=O) groups excluding carboxylic acids is 1. The third-order valence-corrected chi connectivity index (χ3v) is 2.65. The lowest BCUT2D eigenvalue weighted by Crippen LogP contribution is -2.36. The second-order valence-electron chi connectivity index (χ2n) is 4.18. The molecule has 0 aromatic heterocycles. The van der Waals surface area contributed by atoms with Gasteiger partial charge in [0.05, 0.1) is 0 Å². The van der Waals surface area contributed by atoms with Crippen molar-refractivity contribution in [2.24, 2.45) is 0 Å². The highest BCUT2D eigenvalue weighted by Crippen LogP contribution is 2.16. The number of rotatable bonds is 6. The van der Waals surface area contributed by atoms with Crippen molar-refractivity contribution in [2.45, 2.75) is 32.6 Å². The van der Waals surface area contributed by atoms with E-state index in [0.29, 0.717) is 13.0 Å². The molecule has 0 spiro atoms. The maximum absolute atomic E-state index is 11.9. The number of aliphatic carboxylic acids is 1. The molecule has 0 saturated heterocycles. The third kappa shape index (κ3) is 4.85. The molecule has 1 rings (SSSR count). The first kappa shape index (κ1) is 13.5. The standard InChI is InChI=1S/C13H19NO3/c1-2-8-14(10-13(16)17)12(15)9-11-6-4-3-5-7-11/h3-4,6H,2,5,7-10H2,1H3,(H,16,17). The Kier molecular flexibility index (Phi) is 5.46. The van der Waals surface area contributed by atoms with Crippen molar-refractivity contribution >= 4 is 11.9 Å². The summed E-state index contributed by atoms with van der Waals surface area (Å²) >= 11 is 0. The van der Waals surface area contributed by atoms with Gasteiger partial charge in [0.25, 0.3) is 0 Å². The Bertz CT molecular complexity index is 345. The zero-order valence-electron chi connectivity index (χ0n) is 10.2. The van der Waals surface area contributed by atoms with Crippen LogP contribution in [0.3, 0.4) is 0 Å². The number of amides is 1. The van der Waals surface area contributed by atoms with Crippen molar-refractivity contribution < 1.29 is 14.7 Å². The Morgan fingerprint density at radius 2 is 2.24 bits per heavy atom. The SMILES string of the molecule is CCCN(CC(=O)O)C(=O)CC1=CC=CCC1. The molecule has 0 heterocycles. The molecule has 1 aliphatic carbocycles. The maximum atomic E-state index is 11.9. The highest BCUT2D eigenvalue weighted by Gasteiger charge is 2.17. The van der Waals surface area contributed by atoms with Gasteiger partial charge in [-0.05, 0) is 19.3 Å². The van der Waals surface area contributed by atoms with Gasteiger partial charge in [0, 0.05) is 13.0 Å². The van der Waals surface area contributed by atoms with Crippen molar-refractivity contribution in [1.82, 2.24) is 4.90 Å². The molecule has 17 heavy (non-hydrogen) atoms. The minimum Gasteiger partial charge on any atom is -0.480 e. The van der Waals surface area contributed by atoms with Crippen LogP contribution < -0.4 is 0 Å². The van der Waals surface area contributed by atoms with Crippen molar-refractivity contribution in [1.29, 1.82) is 0 Å². The molecular weight excluding hydrogens is 218 g/mol. The quantitative estimate of drug-likeness (QED) is 0.768. The van der Waals surface area contributed by atoms with Crippen LogP contribution in [-0.2, 0) is 9.59 Å². The summed E-state index contributed by atoms with van der Waals surface area (Å²) in [6.45, 7) is 2.24. The summed E-state index contributed by atoms with van der Waals surface area (Å²) in [5, 5.41) is 8.75. The number of allylic oxidation sites excluding steroid dienone is 3. The van der Waals surface area contributed by atoms with E-state index < -0.39 is 5.97 Å². The van der Waals surface area contributed by atoms with Crippen LogP contribution in [0.4, 0.5) is 0 Å². The maximum Gasteiger partial charge on any atom is 0.323 e. The Morgan fingerprint density at radius 3 is 2.76 bits per heavy atom. The van der Waals surface area contributed by atoms with Crippen molar-refractivity contribution in [3.63, 3.8) is 0 Å². The van der Waals surface area contributed by atoms with Crippen LogP contribution in [0.1, 0.15) is 32.6 Å².